The van der Waals surface area contributed by atoms with E-state index in [4.69, 9.17) is 10.1 Å². The second kappa shape index (κ2) is 5.79. The first-order valence-corrected chi connectivity index (χ1v) is 8.62. The van der Waals surface area contributed by atoms with Crippen LogP contribution in [0.25, 0.3) is 4.96 Å². The maximum absolute atomic E-state index is 10.7. The third-order valence-electron chi connectivity index (χ3n) is 4.59. The van der Waals surface area contributed by atoms with Crippen LogP contribution in [0.1, 0.15) is 50.2 Å². The summed E-state index contributed by atoms with van der Waals surface area (Å²) in [4.78, 5) is 16.5. The monoisotopic (exact) mass is 306 g/mol. The molecule has 0 bridgehead atoms. The average molecular weight is 306 g/mol. The molecule has 5 heteroatoms. The first-order chi connectivity index (χ1) is 10.1. The van der Waals surface area contributed by atoms with Gasteiger partial charge in [-0.3, -0.25) is 9.20 Å². The van der Waals surface area contributed by atoms with Gasteiger partial charge in [-0.15, -0.1) is 11.3 Å². The zero-order chi connectivity index (χ0) is 15.0. The van der Waals surface area contributed by atoms with E-state index in [1.54, 1.807) is 11.3 Å². The summed E-state index contributed by atoms with van der Waals surface area (Å²) in [5.74, 6) is 0.732. The van der Waals surface area contributed by atoms with Gasteiger partial charge in [-0.25, -0.2) is 4.98 Å². The van der Waals surface area contributed by atoms with E-state index in [1.165, 1.54) is 23.5 Å². The molecule has 0 amide bonds. The lowest BCUT2D eigenvalue weighted by Gasteiger charge is -2.25. The van der Waals surface area contributed by atoms with E-state index in [9.17, 15) is 4.79 Å². The summed E-state index contributed by atoms with van der Waals surface area (Å²) in [7, 11) is 0. The fourth-order valence-corrected chi connectivity index (χ4v) is 4.23. The summed E-state index contributed by atoms with van der Waals surface area (Å²) in [6.07, 6.45) is 5.19. The van der Waals surface area contributed by atoms with Gasteiger partial charge in [0.15, 0.2) is 4.96 Å². The molecule has 1 N–H and O–H groups in total. The standard InChI is InChI=1S/C16H22N2O2S/c1-10(2)11-6-7-13-14(8-11)18-12(4-3-5-15(19)20)9-21-16(18)17-13/h9-11H,3-8H2,1-2H3,(H,19,20). The molecule has 0 radical (unpaired) electrons. The van der Waals surface area contributed by atoms with Gasteiger partial charge in [-0.2, -0.15) is 0 Å². The third kappa shape index (κ3) is 2.84. The lowest BCUT2D eigenvalue weighted by Crippen LogP contribution is -2.20. The van der Waals surface area contributed by atoms with Crippen LogP contribution < -0.4 is 0 Å². The minimum atomic E-state index is -0.714. The highest BCUT2D eigenvalue weighted by Gasteiger charge is 2.26. The molecule has 1 aliphatic rings. The van der Waals surface area contributed by atoms with Gasteiger partial charge in [0.1, 0.15) is 0 Å². The summed E-state index contributed by atoms with van der Waals surface area (Å²) < 4.78 is 2.30. The number of nitrogens with zero attached hydrogens (tertiary/aromatic N) is 2. The lowest BCUT2D eigenvalue weighted by molar-refractivity contribution is -0.137. The van der Waals surface area contributed by atoms with Crippen LogP contribution in [0.15, 0.2) is 5.38 Å². The number of thiazole rings is 1. The Hall–Kier alpha value is -1.36. The Bertz CT molecular complexity index is 657. The number of aliphatic carboxylic acids is 1. The fraction of sp³-hybridized carbons (Fsp3) is 0.625. The summed E-state index contributed by atoms with van der Waals surface area (Å²) in [5.41, 5.74) is 3.87. The van der Waals surface area contributed by atoms with Crippen molar-refractivity contribution in [3.8, 4) is 0 Å². The van der Waals surface area contributed by atoms with E-state index in [1.807, 2.05) is 0 Å². The molecule has 3 rings (SSSR count). The number of hydrogen-bond donors (Lipinski definition) is 1. The Morgan fingerprint density at radius 1 is 1.57 bits per heavy atom. The van der Waals surface area contributed by atoms with Gasteiger partial charge in [-0.05, 0) is 43.9 Å². The second-order valence-corrected chi connectivity index (χ2v) is 7.18. The molecule has 1 atom stereocenters. The Balaban J connectivity index is 1.87. The van der Waals surface area contributed by atoms with E-state index < -0.39 is 5.97 Å². The molecule has 0 aromatic carbocycles. The van der Waals surface area contributed by atoms with E-state index in [0.29, 0.717) is 12.3 Å². The number of aromatic nitrogens is 2. The van der Waals surface area contributed by atoms with Crippen LogP contribution in [0.4, 0.5) is 0 Å². The minimum Gasteiger partial charge on any atom is -0.481 e. The quantitative estimate of drug-likeness (QED) is 0.919. The Kier molecular flexibility index (Phi) is 4.02. The number of fused-ring (bicyclic) bond motifs is 3. The smallest absolute Gasteiger partial charge is 0.303 e. The Morgan fingerprint density at radius 2 is 2.38 bits per heavy atom. The first-order valence-electron chi connectivity index (χ1n) is 7.74. The highest BCUT2D eigenvalue weighted by atomic mass is 32.1. The van der Waals surface area contributed by atoms with Gasteiger partial charge in [-0.1, -0.05) is 13.8 Å². The Labute approximate surface area is 128 Å². The van der Waals surface area contributed by atoms with Gasteiger partial charge in [0.05, 0.1) is 5.69 Å². The van der Waals surface area contributed by atoms with Crippen LogP contribution in [-0.4, -0.2) is 20.5 Å². The largest absolute Gasteiger partial charge is 0.481 e. The molecule has 1 unspecified atom stereocenters. The number of rotatable bonds is 5. The van der Waals surface area contributed by atoms with Crippen molar-refractivity contribution in [1.29, 1.82) is 0 Å². The summed E-state index contributed by atoms with van der Waals surface area (Å²) in [5, 5.41) is 10.9. The number of aryl methyl sites for hydroxylation is 2. The van der Waals surface area contributed by atoms with Crippen LogP contribution in [-0.2, 0) is 24.1 Å². The van der Waals surface area contributed by atoms with Crippen LogP contribution in [0.5, 0.6) is 0 Å². The molecule has 2 aromatic heterocycles. The van der Waals surface area contributed by atoms with Gasteiger partial charge in [0.2, 0.25) is 0 Å². The molecule has 1 aliphatic carbocycles. The molecule has 0 spiro atoms. The van der Waals surface area contributed by atoms with Gasteiger partial charge >= 0.3 is 5.97 Å². The average Bonchev–Trinajstić information content (AvgIpc) is 2.97. The van der Waals surface area contributed by atoms with Crippen LogP contribution >= 0.6 is 11.3 Å². The molecule has 0 saturated carbocycles. The summed E-state index contributed by atoms with van der Waals surface area (Å²) in [6.45, 7) is 4.60. The van der Waals surface area contributed by atoms with Crippen molar-refractivity contribution in [3.63, 3.8) is 0 Å². The molecule has 2 heterocycles. The fourth-order valence-electron chi connectivity index (χ4n) is 3.27. The minimum absolute atomic E-state index is 0.239. The Morgan fingerprint density at radius 3 is 3.10 bits per heavy atom. The van der Waals surface area contributed by atoms with Crippen LogP contribution in [0.2, 0.25) is 0 Å². The first kappa shape index (κ1) is 14.6. The topological polar surface area (TPSA) is 54.6 Å². The van der Waals surface area contributed by atoms with E-state index in [2.05, 4.69) is 23.6 Å². The molecular formula is C16H22N2O2S. The number of imidazole rings is 1. The van der Waals surface area contributed by atoms with Gasteiger partial charge < -0.3 is 5.11 Å². The SMILES string of the molecule is CC(C)C1CCc2nc3scc(CCCC(=O)O)n3c2C1. The molecule has 114 valence electrons. The molecule has 4 nitrogen and oxygen atoms in total. The van der Waals surface area contributed by atoms with Gasteiger partial charge in [0.25, 0.3) is 0 Å². The lowest BCUT2D eigenvalue weighted by atomic mass is 9.82. The number of hydrogen-bond acceptors (Lipinski definition) is 3. The van der Waals surface area contributed by atoms with E-state index in [0.717, 1.165) is 30.1 Å². The summed E-state index contributed by atoms with van der Waals surface area (Å²) >= 11 is 1.68. The maximum atomic E-state index is 10.7. The highest BCUT2D eigenvalue weighted by Crippen LogP contribution is 2.33. The predicted octanol–water partition coefficient (Wildman–Crippen LogP) is 3.56. The zero-order valence-electron chi connectivity index (χ0n) is 12.6. The maximum Gasteiger partial charge on any atom is 0.303 e. The summed E-state index contributed by atoms with van der Waals surface area (Å²) in [6, 6.07) is 0. The van der Waals surface area contributed by atoms with E-state index >= 15 is 0 Å². The van der Waals surface area contributed by atoms with Crippen molar-refractivity contribution in [2.24, 2.45) is 11.8 Å². The van der Waals surface area contributed by atoms with E-state index in [-0.39, 0.29) is 6.42 Å². The van der Waals surface area contributed by atoms with Crippen molar-refractivity contribution in [2.45, 2.75) is 52.4 Å². The number of carboxylic acid groups (broad SMARTS) is 1. The molecule has 0 saturated heterocycles. The molecular weight excluding hydrogens is 284 g/mol. The predicted molar refractivity (Wildman–Crippen MR) is 84.0 cm³/mol. The van der Waals surface area contributed by atoms with Crippen molar-refractivity contribution in [2.75, 3.05) is 0 Å². The molecule has 2 aromatic rings. The highest BCUT2D eigenvalue weighted by molar-refractivity contribution is 7.15. The van der Waals surface area contributed by atoms with Crippen molar-refractivity contribution in [3.05, 3.63) is 22.5 Å². The third-order valence-corrected chi connectivity index (χ3v) is 5.46. The van der Waals surface area contributed by atoms with Crippen molar-refractivity contribution < 1.29 is 9.90 Å². The number of carbonyl (C=O) groups is 1. The van der Waals surface area contributed by atoms with Gasteiger partial charge in [0, 0.05) is 23.2 Å². The zero-order valence-corrected chi connectivity index (χ0v) is 13.4. The molecule has 0 aliphatic heterocycles. The number of carboxylic acids is 1. The molecule has 0 fully saturated rings. The molecule has 21 heavy (non-hydrogen) atoms. The normalized spacial score (nSPS) is 18.3. The second-order valence-electron chi connectivity index (χ2n) is 6.34. The van der Waals surface area contributed by atoms with Crippen LogP contribution in [0, 0.1) is 11.8 Å². The van der Waals surface area contributed by atoms with Crippen molar-refractivity contribution in [1.82, 2.24) is 9.38 Å². The van der Waals surface area contributed by atoms with Crippen molar-refractivity contribution >= 4 is 22.3 Å². The van der Waals surface area contributed by atoms with Crippen LogP contribution in [0.3, 0.4) is 0 Å².